The number of nitrogens with one attached hydrogen (secondary N) is 1. The molecule has 0 aliphatic carbocycles. The van der Waals surface area contributed by atoms with Crippen LogP contribution in [0.15, 0.2) is 32.3 Å². The van der Waals surface area contributed by atoms with Crippen LogP contribution in [0.3, 0.4) is 0 Å². The van der Waals surface area contributed by atoms with Crippen molar-refractivity contribution in [2.45, 2.75) is 57.9 Å². The Bertz CT molecular complexity index is 1280. The van der Waals surface area contributed by atoms with Gasteiger partial charge < -0.3 is 20.9 Å². The number of fused-ring (bicyclic) bond motifs is 1. The third-order valence-corrected chi connectivity index (χ3v) is 6.51. The van der Waals surface area contributed by atoms with E-state index < -0.39 is 28.1 Å². The Morgan fingerprint density at radius 1 is 1.32 bits per heavy atom. The van der Waals surface area contributed by atoms with Crippen LogP contribution < -0.4 is 21.3 Å². The molecule has 0 atom stereocenters. The van der Waals surface area contributed by atoms with Gasteiger partial charge in [0.15, 0.2) is 18.2 Å². The largest absolute Gasteiger partial charge is 0.505 e. The number of unbranched alkanes of at least 4 members (excludes halogenated alkanes) is 1. The van der Waals surface area contributed by atoms with Crippen LogP contribution in [-0.2, 0) is 27.8 Å². The van der Waals surface area contributed by atoms with Crippen LogP contribution >= 0.6 is 0 Å². The van der Waals surface area contributed by atoms with Crippen LogP contribution in [-0.4, -0.2) is 41.7 Å². The lowest BCUT2D eigenvalue weighted by atomic mass is 10.0. The Hall–Kier alpha value is -3.41. The van der Waals surface area contributed by atoms with Crippen molar-refractivity contribution >= 4 is 27.5 Å². The number of aromatic hydroxyl groups is 1. The van der Waals surface area contributed by atoms with Crippen molar-refractivity contribution in [3.05, 3.63) is 39.8 Å². The quantitative estimate of drug-likeness (QED) is 0.452. The molecule has 2 aromatic rings. The average molecular weight is 492 g/mol. The maximum Gasteiger partial charge on any atom is 0.286 e. The van der Waals surface area contributed by atoms with Gasteiger partial charge in [0.1, 0.15) is 21.9 Å². The number of carbonyl (C=O) groups excluding carboxylic acids is 1. The fraction of sp³-hybridized carbons (Fsp3) is 0.455. The number of ether oxygens (including phenoxy) is 1. The molecule has 0 saturated carbocycles. The zero-order valence-electron chi connectivity index (χ0n) is 19.4. The molecular weight excluding hydrogens is 462 g/mol. The normalized spacial score (nSPS) is 14.3. The third kappa shape index (κ3) is 5.56. The summed E-state index contributed by atoms with van der Waals surface area (Å²) in [4.78, 5) is 23.9. The highest BCUT2D eigenvalue weighted by atomic mass is 32.2. The molecule has 0 radical (unpaired) electrons. The van der Waals surface area contributed by atoms with Gasteiger partial charge in [-0.3, -0.25) is 9.59 Å². The summed E-state index contributed by atoms with van der Waals surface area (Å²) in [7, 11) is -4.25. The van der Waals surface area contributed by atoms with Gasteiger partial charge in [0.05, 0.1) is 5.69 Å². The fourth-order valence-corrected chi connectivity index (χ4v) is 4.51. The number of amides is 1. The van der Waals surface area contributed by atoms with Crippen LogP contribution in [0.25, 0.3) is 0 Å². The first-order valence-corrected chi connectivity index (χ1v) is 12.5. The zero-order chi connectivity index (χ0) is 25.0. The lowest BCUT2D eigenvalue weighted by Gasteiger charge is -2.20. The number of sulfonamides is 1. The molecule has 1 aliphatic heterocycles. The van der Waals surface area contributed by atoms with Crippen molar-refractivity contribution in [1.29, 1.82) is 0 Å². The molecule has 34 heavy (non-hydrogen) atoms. The number of rotatable bonds is 10. The van der Waals surface area contributed by atoms with Gasteiger partial charge in [-0.1, -0.05) is 27.2 Å². The Morgan fingerprint density at radius 3 is 2.71 bits per heavy atom. The number of nitrogens with zero attached hydrogens (tertiary/aromatic N) is 3. The molecule has 4 N–H and O–H groups in total. The molecule has 0 unspecified atom stereocenters. The number of aryl methyl sites for hydroxylation is 2. The number of hydrogen-bond acceptors (Lipinski definition) is 8. The second-order valence-electron chi connectivity index (χ2n) is 8.44. The molecule has 0 fully saturated rings. The van der Waals surface area contributed by atoms with Gasteiger partial charge in [0, 0.05) is 12.6 Å². The van der Waals surface area contributed by atoms with Crippen molar-refractivity contribution in [2.24, 2.45) is 16.0 Å². The second-order valence-corrected chi connectivity index (χ2v) is 10.0. The maximum absolute atomic E-state index is 13.2. The minimum Gasteiger partial charge on any atom is -0.505 e. The Balaban J connectivity index is 2.08. The molecule has 0 bridgehead atoms. The third-order valence-electron chi connectivity index (χ3n) is 5.20. The van der Waals surface area contributed by atoms with E-state index in [-0.39, 0.29) is 33.5 Å². The van der Waals surface area contributed by atoms with E-state index in [1.165, 1.54) is 22.9 Å². The molecule has 1 amide bonds. The van der Waals surface area contributed by atoms with E-state index in [0.29, 0.717) is 31.0 Å². The minimum absolute atomic E-state index is 0.117. The van der Waals surface area contributed by atoms with Gasteiger partial charge in [0.25, 0.3) is 21.5 Å². The van der Waals surface area contributed by atoms with Crippen molar-refractivity contribution in [1.82, 2.24) is 9.78 Å². The lowest BCUT2D eigenvalue weighted by Crippen LogP contribution is -2.34. The fourth-order valence-electron chi connectivity index (χ4n) is 3.37. The molecule has 0 spiro atoms. The molecule has 3 rings (SSSR count). The van der Waals surface area contributed by atoms with Crippen molar-refractivity contribution in [3.63, 3.8) is 0 Å². The monoisotopic (exact) mass is 491 g/mol. The molecular formula is C22H29N5O6S. The number of amidine groups is 1. The van der Waals surface area contributed by atoms with Gasteiger partial charge in [-0.2, -0.15) is 13.5 Å². The first-order chi connectivity index (χ1) is 16.0. The molecule has 11 nitrogen and oxygen atoms in total. The molecule has 0 saturated heterocycles. The van der Waals surface area contributed by atoms with Gasteiger partial charge in [-0.25, -0.2) is 4.68 Å². The first-order valence-electron chi connectivity index (χ1n) is 11.0. The standard InChI is InChI=1S/C22H29N5O6S/c1-4-5-10-27-22(30)19(20(29)16(25-27)8-6-13(2)3)21-24-15-9-7-14(33-12-18(23)28)11-17(15)34(31,32)26-21/h7,9,11,13,29H,4-6,8,10,12H2,1-3H3,(H2,23,28)(H,24,26). The van der Waals surface area contributed by atoms with E-state index in [0.717, 1.165) is 12.8 Å². The Labute approximate surface area is 197 Å². The summed E-state index contributed by atoms with van der Waals surface area (Å²) >= 11 is 0. The summed E-state index contributed by atoms with van der Waals surface area (Å²) in [5.74, 6) is -0.918. The van der Waals surface area contributed by atoms with E-state index in [1.807, 2.05) is 20.8 Å². The number of anilines is 1. The smallest absolute Gasteiger partial charge is 0.286 e. The van der Waals surface area contributed by atoms with Gasteiger partial charge in [-0.05, 0) is 37.3 Å². The number of primary amides is 1. The van der Waals surface area contributed by atoms with E-state index in [2.05, 4.69) is 14.8 Å². The Morgan fingerprint density at radius 2 is 2.06 bits per heavy atom. The number of hydrogen-bond donors (Lipinski definition) is 3. The van der Waals surface area contributed by atoms with Crippen LogP contribution in [0.1, 0.15) is 51.3 Å². The molecule has 1 aromatic heterocycles. The number of carbonyl (C=O) groups is 1. The van der Waals surface area contributed by atoms with Crippen molar-refractivity contribution < 1.29 is 23.1 Å². The summed E-state index contributed by atoms with van der Waals surface area (Å²) in [5.41, 5.74) is 4.64. The van der Waals surface area contributed by atoms with E-state index >= 15 is 0 Å². The second kappa shape index (κ2) is 10.2. The molecule has 12 heteroatoms. The summed E-state index contributed by atoms with van der Waals surface area (Å²) in [5, 5.41) is 18.1. The zero-order valence-corrected chi connectivity index (χ0v) is 20.2. The molecule has 184 valence electrons. The maximum atomic E-state index is 13.2. The molecule has 2 heterocycles. The predicted octanol–water partition coefficient (Wildman–Crippen LogP) is 1.76. The van der Waals surface area contributed by atoms with Crippen molar-refractivity contribution in [2.75, 3.05) is 11.9 Å². The van der Waals surface area contributed by atoms with Crippen molar-refractivity contribution in [3.8, 4) is 11.5 Å². The highest BCUT2D eigenvalue weighted by Gasteiger charge is 2.30. The number of benzene rings is 1. The first kappa shape index (κ1) is 25.2. The minimum atomic E-state index is -4.25. The van der Waals surface area contributed by atoms with E-state index in [9.17, 15) is 23.1 Å². The topological polar surface area (TPSA) is 166 Å². The van der Waals surface area contributed by atoms with E-state index in [4.69, 9.17) is 10.5 Å². The van der Waals surface area contributed by atoms with Crippen LogP contribution in [0.5, 0.6) is 11.5 Å². The van der Waals surface area contributed by atoms with Crippen LogP contribution in [0.2, 0.25) is 0 Å². The average Bonchev–Trinajstić information content (AvgIpc) is 2.76. The van der Waals surface area contributed by atoms with Crippen LogP contribution in [0, 0.1) is 5.92 Å². The van der Waals surface area contributed by atoms with E-state index in [1.54, 1.807) is 0 Å². The summed E-state index contributed by atoms with van der Waals surface area (Å²) < 4.78 is 36.1. The molecule has 1 aliphatic rings. The van der Waals surface area contributed by atoms with Crippen LogP contribution in [0.4, 0.5) is 5.69 Å². The number of aromatic nitrogens is 2. The SMILES string of the molecule is CCCCn1nc(CCC(C)C)c(O)c(C2=NS(=O)(=O)c3cc(OCC(N)=O)ccc3N2)c1=O. The van der Waals surface area contributed by atoms with Gasteiger partial charge >= 0.3 is 0 Å². The summed E-state index contributed by atoms with van der Waals surface area (Å²) in [6.07, 6.45) is 2.66. The van der Waals surface area contributed by atoms with Gasteiger partial charge in [-0.15, -0.1) is 4.40 Å². The highest BCUT2D eigenvalue weighted by molar-refractivity contribution is 7.90. The number of nitrogens with two attached hydrogens (primary N) is 1. The summed E-state index contributed by atoms with van der Waals surface area (Å²) in [6, 6.07) is 4.08. The summed E-state index contributed by atoms with van der Waals surface area (Å²) in [6.45, 7) is 5.95. The highest BCUT2D eigenvalue weighted by Crippen LogP contribution is 2.33. The Kier molecular flexibility index (Phi) is 7.60. The van der Waals surface area contributed by atoms with Gasteiger partial charge in [0.2, 0.25) is 0 Å². The molecule has 1 aromatic carbocycles. The lowest BCUT2D eigenvalue weighted by molar-refractivity contribution is -0.119. The predicted molar refractivity (Wildman–Crippen MR) is 127 cm³/mol.